The van der Waals surface area contributed by atoms with Crippen molar-refractivity contribution in [3.8, 4) is 0 Å². The molecule has 0 fully saturated rings. The van der Waals surface area contributed by atoms with Crippen LogP contribution in [-0.4, -0.2) is 24.9 Å². The van der Waals surface area contributed by atoms with Crippen LogP contribution < -0.4 is 0 Å². The molecule has 2 nitrogen and oxygen atoms in total. The minimum atomic E-state index is 0.193. The summed E-state index contributed by atoms with van der Waals surface area (Å²) in [6, 6.07) is 8.24. The van der Waals surface area contributed by atoms with Gasteiger partial charge in [0, 0.05) is 19.6 Å². The molecule has 2 unspecified atom stereocenters. The van der Waals surface area contributed by atoms with Gasteiger partial charge in [0.1, 0.15) is 0 Å². The van der Waals surface area contributed by atoms with Gasteiger partial charge < -0.3 is 9.84 Å². The first-order valence-electron chi connectivity index (χ1n) is 5.40. The van der Waals surface area contributed by atoms with E-state index in [2.05, 4.69) is 19.1 Å². The predicted molar refractivity (Wildman–Crippen MR) is 62.1 cm³/mol. The maximum Gasteiger partial charge on any atom is 0.0583 e. The summed E-state index contributed by atoms with van der Waals surface area (Å²) >= 11 is 0. The topological polar surface area (TPSA) is 29.5 Å². The van der Waals surface area contributed by atoms with Gasteiger partial charge in [0.05, 0.1) is 6.10 Å². The molecule has 0 amide bonds. The zero-order valence-corrected chi connectivity index (χ0v) is 9.73. The highest BCUT2D eigenvalue weighted by Gasteiger charge is 2.11. The van der Waals surface area contributed by atoms with Gasteiger partial charge >= 0.3 is 0 Å². The number of benzene rings is 1. The summed E-state index contributed by atoms with van der Waals surface area (Å²) in [5.41, 5.74) is 2.50. The fraction of sp³-hybridized carbons (Fsp3) is 0.538. The smallest absolute Gasteiger partial charge is 0.0583 e. The molecule has 0 saturated carbocycles. The molecule has 0 aliphatic heterocycles. The largest absolute Gasteiger partial charge is 0.396 e. The molecule has 0 spiro atoms. The summed E-state index contributed by atoms with van der Waals surface area (Å²) in [4.78, 5) is 0. The van der Waals surface area contributed by atoms with Gasteiger partial charge in [0.2, 0.25) is 0 Å². The van der Waals surface area contributed by atoms with Gasteiger partial charge in [-0.3, -0.25) is 0 Å². The Labute approximate surface area is 91.9 Å². The molecule has 2 atom stereocenters. The number of rotatable bonds is 5. The van der Waals surface area contributed by atoms with E-state index in [1.54, 1.807) is 7.11 Å². The lowest BCUT2D eigenvalue weighted by atomic mass is 9.93. The molecule has 0 radical (unpaired) electrons. The Kier molecular flexibility index (Phi) is 4.79. The molecule has 0 saturated heterocycles. The molecule has 0 aliphatic rings. The highest BCUT2D eigenvalue weighted by Crippen LogP contribution is 2.20. The molecule has 1 aromatic rings. The summed E-state index contributed by atoms with van der Waals surface area (Å²) in [5, 5.41) is 9.17. The van der Waals surface area contributed by atoms with Crippen LogP contribution in [0.15, 0.2) is 24.3 Å². The van der Waals surface area contributed by atoms with E-state index in [0.717, 1.165) is 6.42 Å². The third kappa shape index (κ3) is 3.33. The maximum absolute atomic E-state index is 9.17. The van der Waals surface area contributed by atoms with Crippen LogP contribution in [0.3, 0.4) is 0 Å². The SMILES string of the molecule is COC(C)Cc1ccccc1C(C)CO. The molecule has 0 aromatic heterocycles. The Morgan fingerprint density at radius 3 is 2.53 bits per heavy atom. The standard InChI is InChI=1S/C13H20O2/c1-10(9-14)13-7-5-4-6-12(13)8-11(2)15-3/h4-7,10-11,14H,8-9H2,1-3H3. The van der Waals surface area contributed by atoms with Gasteiger partial charge in [-0.05, 0) is 24.5 Å². The Hall–Kier alpha value is -0.860. The summed E-state index contributed by atoms with van der Waals surface area (Å²) in [5.74, 6) is 0.199. The second kappa shape index (κ2) is 5.89. The Morgan fingerprint density at radius 2 is 1.93 bits per heavy atom. The minimum Gasteiger partial charge on any atom is -0.396 e. The normalized spacial score (nSPS) is 14.9. The lowest BCUT2D eigenvalue weighted by Crippen LogP contribution is -2.12. The highest BCUT2D eigenvalue weighted by molar-refractivity contribution is 5.30. The van der Waals surface area contributed by atoms with Crippen LogP contribution in [0.1, 0.15) is 30.9 Å². The number of methoxy groups -OCH3 is 1. The Balaban J connectivity index is 2.86. The summed E-state index contributed by atoms with van der Waals surface area (Å²) in [6.45, 7) is 4.29. The zero-order valence-electron chi connectivity index (χ0n) is 9.73. The first-order chi connectivity index (χ1) is 7.19. The second-order valence-electron chi connectivity index (χ2n) is 4.03. The van der Waals surface area contributed by atoms with Crippen LogP contribution in [0, 0.1) is 0 Å². The van der Waals surface area contributed by atoms with Crippen molar-refractivity contribution in [3.05, 3.63) is 35.4 Å². The van der Waals surface area contributed by atoms with Crippen LogP contribution in [0.5, 0.6) is 0 Å². The number of ether oxygens (including phenoxy) is 1. The molecular formula is C13H20O2. The Bertz CT molecular complexity index is 296. The van der Waals surface area contributed by atoms with E-state index in [4.69, 9.17) is 4.74 Å². The van der Waals surface area contributed by atoms with Gasteiger partial charge in [-0.1, -0.05) is 31.2 Å². The number of hydrogen-bond acceptors (Lipinski definition) is 2. The van der Waals surface area contributed by atoms with Crippen LogP contribution in [0.25, 0.3) is 0 Å². The van der Waals surface area contributed by atoms with E-state index in [1.165, 1.54) is 11.1 Å². The zero-order chi connectivity index (χ0) is 11.3. The number of hydrogen-bond donors (Lipinski definition) is 1. The van der Waals surface area contributed by atoms with Crippen LogP contribution in [-0.2, 0) is 11.2 Å². The molecule has 84 valence electrons. The van der Waals surface area contributed by atoms with Gasteiger partial charge in [-0.15, -0.1) is 0 Å². The number of aliphatic hydroxyl groups excluding tert-OH is 1. The molecule has 1 N–H and O–H groups in total. The molecule has 1 aromatic carbocycles. The van der Waals surface area contributed by atoms with Crippen molar-refractivity contribution in [2.24, 2.45) is 0 Å². The average Bonchev–Trinajstić information content (AvgIpc) is 2.28. The van der Waals surface area contributed by atoms with E-state index >= 15 is 0 Å². The van der Waals surface area contributed by atoms with E-state index in [0.29, 0.717) is 0 Å². The average molecular weight is 208 g/mol. The third-order valence-electron chi connectivity index (χ3n) is 2.77. The van der Waals surface area contributed by atoms with Gasteiger partial charge in [-0.25, -0.2) is 0 Å². The molecule has 0 aliphatic carbocycles. The third-order valence-corrected chi connectivity index (χ3v) is 2.77. The van der Waals surface area contributed by atoms with E-state index < -0.39 is 0 Å². The predicted octanol–water partition coefficient (Wildman–Crippen LogP) is 2.36. The highest BCUT2D eigenvalue weighted by atomic mass is 16.5. The van der Waals surface area contributed by atoms with Gasteiger partial charge in [0.25, 0.3) is 0 Å². The van der Waals surface area contributed by atoms with Crippen LogP contribution in [0.2, 0.25) is 0 Å². The first-order valence-corrected chi connectivity index (χ1v) is 5.40. The number of aliphatic hydroxyl groups is 1. The van der Waals surface area contributed by atoms with Crippen molar-refractivity contribution >= 4 is 0 Å². The monoisotopic (exact) mass is 208 g/mol. The van der Waals surface area contributed by atoms with Crippen molar-refractivity contribution in [2.45, 2.75) is 32.3 Å². The second-order valence-corrected chi connectivity index (χ2v) is 4.03. The quantitative estimate of drug-likeness (QED) is 0.805. The summed E-state index contributed by atoms with van der Waals surface area (Å²) in [6.07, 6.45) is 1.12. The minimum absolute atomic E-state index is 0.193. The molecule has 0 heterocycles. The molecule has 15 heavy (non-hydrogen) atoms. The lowest BCUT2D eigenvalue weighted by Gasteiger charge is -2.16. The van der Waals surface area contributed by atoms with E-state index in [-0.39, 0.29) is 18.6 Å². The van der Waals surface area contributed by atoms with Crippen LogP contribution in [0.4, 0.5) is 0 Å². The van der Waals surface area contributed by atoms with Crippen molar-refractivity contribution in [3.63, 3.8) is 0 Å². The van der Waals surface area contributed by atoms with Crippen molar-refractivity contribution in [2.75, 3.05) is 13.7 Å². The van der Waals surface area contributed by atoms with Gasteiger partial charge in [-0.2, -0.15) is 0 Å². The van der Waals surface area contributed by atoms with E-state index in [1.807, 2.05) is 19.1 Å². The summed E-state index contributed by atoms with van der Waals surface area (Å²) in [7, 11) is 1.72. The van der Waals surface area contributed by atoms with Gasteiger partial charge in [0.15, 0.2) is 0 Å². The molecule has 2 heteroatoms. The van der Waals surface area contributed by atoms with E-state index in [9.17, 15) is 5.11 Å². The molecule has 0 bridgehead atoms. The summed E-state index contributed by atoms with van der Waals surface area (Å²) < 4.78 is 5.26. The first kappa shape index (κ1) is 12.2. The van der Waals surface area contributed by atoms with Crippen molar-refractivity contribution in [1.82, 2.24) is 0 Å². The van der Waals surface area contributed by atoms with Crippen molar-refractivity contribution < 1.29 is 9.84 Å². The fourth-order valence-corrected chi connectivity index (χ4v) is 1.69. The maximum atomic E-state index is 9.17. The fourth-order valence-electron chi connectivity index (χ4n) is 1.69. The molecule has 1 rings (SSSR count). The lowest BCUT2D eigenvalue weighted by molar-refractivity contribution is 0.118. The van der Waals surface area contributed by atoms with Crippen LogP contribution >= 0.6 is 0 Å². The Morgan fingerprint density at radius 1 is 1.27 bits per heavy atom. The van der Waals surface area contributed by atoms with Crippen molar-refractivity contribution in [1.29, 1.82) is 0 Å². The molecular weight excluding hydrogens is 188 g/mol.